The maximum atomic E-state index is 11.9. The lowest BCUT2D eigenvalue weighted by molar-refractivity contribution is -0.119. The van der Waals surface area contributed by atoms with Gasteiger partial charge in [0.1, 0.15) is 0 Å². The minimum Gasteiger partial charge on any atom is -0.330 e. The highest BCUT2D eigenvalue weighted by Crippen LogP contribution is 2.16. The second-order valence-corrected chi connectivity index (χ2v) is 4.57. The highest BCUT2D eigenvalue weighted by atomic mass is 16.2. The number of hydrogen-bond donors (Lipinski definition) is 3. The summed E-state index contributed by atoms with van der Waals surface area (Å²) in [5.41, 5.74) is 6.59. The Kier molecular flexibility index (Phi) is 5.15. The predicted molar refractivity (Wildman–Crippen MR) is 68.8 cm³/mol. The van der Waals surface area contributed by atoms with E-state index in [1.807, 2.05) is 13.0 Å². The van der Waals surface area contributed by atoms with Crippen LogP contribution in [0.15, 0.2) is 6.07 Å². The number of aromatic nitrogens is 2. The van der Waals surface area contributed by atoms with Crippen molar-refractivity contribution in [3.8, 4) is 0 Å². The van der Waals surface area contributed by atoms with E-state index in [4.69, 9.17) is 5.73 Å². The quantitative estimate of drug-likeness (QED) is 0.707. The van der Waals surface area contributed by atoms with Crippen molar-refractivity contribution in [1.29, 1.82) is 0 Å². The van der Waals surface area contributed by atoms with E-state index in [0.29, 0.717) is 18.3 Å². The average Bonchev–Trinajstić information content (AvgIpc) is 2.74. The molecule has 5 nitrogen and oxygen atoms in total. The monoisotopic (exact) mass is 238 g/mol. The van der Waals surface area contributed by atoms with Crippen LogP contribution >= 0.6 is 0 Å². The summed E-state index contributed by atoms with van der Waals surface area (Å²) in [6.07, 6.45) is 1.76. The highest BCUT2D eigenvalue weighted by molar-refractivity contribution is 5.91. The normalized spacial score (nSPS) is 12.8. The van der Waals surface area contributed by atoms with Gasteiger partial charge >= 0.3 is 0 Å². The van der Waals surface area contributed by atoms with Crippen LogP contribution in [0.4, 0.5) is 5.82 Å². The lowest BCUT2D eigenvalue weighted by Crippen LogP contribution is -2.29. The van der Waals surface area contributed by atoms with Crippen molar-refractivity contribution in [3.63, 3.8) is 0 Å². The van der Waals surface area contributed by atoms with E-state index in [2.05, 4.69) is 29.4 Å². The largest absolute Gasteiger partial charge is 0.330 e. The molecule has 0 aliphatic heterocycles. The summed E-state index contributed by atoms with van der Waals surface area (Å²) in [7, 11) is 0. The topological polar surface area (TPSA) is 83.8 Å². The SMILES string of the molecule is CCCC(CN)C(=O)Nc1cc(C(C)C)[nH]n1. The van der Waals surface area contributed by atoms with Crippen LogP contribution in [0.2, 0.25) is 0 Å². The number of carbonyl (C=O) groups is 1. The van der Waals surface area contributed by atoms with E-state index in [0.717, 1.165) is 18.5 Å². The third kappa shape index (κ3) is 3.85. The molecule has 0 saturated carbocycles. The Bertz CT molecular complexity index is 359. The van der Waals surface area contributed by atoms with Crippen LogP contribution < -0.4 is 11.1 Å². The molecule has 1 aromatic rings. The van der Waals surface area contributed by atoms with E-state index in [1.54, 1.807) is 0 Å². The Balaban J connectivity index is 2.60. The van der Waals surface area contributed by atoms with Gasteiger partial charge in [-0.3, -0.25) is 9.89 Å². The number of rotatable bonds is 6. The van der Waals surface area contributed by atoms with Gasteiger partial charge in [-0.1, -0.05) is 27.2 Å². The molecule has 17 heavy (non-hydrogen) atoms. The highest BCUT2D eigenvalue weighted by Gasteiger charge is 2.17. The van der Waals surface area contributed by atoms with Crippen LogP contribution in [-0.2, 0) is 4.79 Å². The summed E-state index contributed by atoms with van der Waals surface area (Å²) in [5.74, 6) is 0.776. The maximum absolute atomic E-state index is 11.9. The van der Waals surface area contributed by atoms with E-state index < -0.39 is 0 Å². The summed E-state index contributed by atoms with van der Waals surface area (Å²) >= 11 is 0. The number of nitrogens with two attached hydrogens (primary N) is 1. The van der Waals surface area contributed by atoms with Gasteiger partial charge in [0.05, 0.1) is 5.92 Å². The number of nitrogens with one attached hydrogen (secondary N) is 2. The molecule has 0 radical (unpaired) electrons. The molecule has 1 aromatic heterocycles. The molecule has 0 fully saturated rings. The summed E-state index contributed by atoms with van der Waals surface area (Å²) in [6.45, 7) is 6.56. The average molecular weight is 238 g/mol. The number of hydrogen-bond acceptors (Lipinski definition) is 3. The molecule has 1 heterocycles. The fraction of sp³-hybridized carbons (Fsp3) is 0.667. The van der Waals surface area contributed by atoms with Crippen LogP contribution in [0.5, 0.6) is 0 Å². The van der Waals surface area contributed by atoms with Crippen molar-refractivity contribution in [3.05, 3.63) is 11.8 Å². The molecule has 4 N–H and O–H groups in total. The Labute approximate surface area is 102 Å². The molecular formula is C12H22N4O. The molecule has 1 atom stereocenters. The zero-order valence-corrected chi connectivity index (χ0v) is 10.8. The van der Waals surface area contributed by atoms with Crippen LogP contribution in [-0.4, -0.2) is 22.6 Å². The lowest BCUT2D eigenvalue weighted by atomic mass is 10.0. The molecular weight excluding hydrogens is 216 g/mol. The number of H-pyrrole nitrogens is 1. The Morgan fingerprint density at radius 3 is 2.76 bits per heavy atom. The Morgan fingerprint density at radius 2 is 2.29 bits per heavy atom. The molecule has 0 saturated heterocycles. The molecule has 0 aromatic carbocycles. The standard InChI is InChI=1S/C12H22N4O/c1-4-5-9(7-13)12(17)14-11-6-10(8(2)3)15-16-11/h6,8-9H,4-5,7,13H2,1-3H3,(H2,14,15,16,17). The van der Waals surface area contributed by atoms with Crippen molar-refractivity contribution in [2.45, 2.75) is 39.5 Å². The first-order chi connectivity index (χ1) is 8.08. The first-order valence-corrected chi connectivity index (χ1v) is 6.14. The molecule has 96 valence electrons. The van der Waals surface area contributed by atoms with Gasteiger partial charge in [-0.2, -0.15) is 5.10 Å². The van der Waals surface area contributed by atoms with Crippen LogP contribution in [0.25, 0.3) is 0 Å². The number of aromatic amines is 1. The zero-order chi connectivity index (χ0) is 12.8. The van der Waals surface area contributed by atoms with Gasteiger partial charge in [0, 0.05) is 18.3 Å². The van der Waals surface area contributed by atoms with Crippen molar-refractivity contribution in [2.24, 2.45) is 11.7 Å². The van der Waals surface area contributed by atoms with Gasteiger partial charge in [-0.15, -0.1) is 0 Å². The lowest BCUT2D eigenvalue weighted by Gasteiger charge is -2.12. The van der Waals surface area contributed by atoms with E-state index >= 15 is 0 Å². The molecule has 1 unspecified atom stereocenters. The van der Waals surface area contributed by atoms with Crippen LogP contribution in [0.3, 0.4) is 0 Å². The fourth-order valence-electron chi connectivity index (χ4n) is 1.63. The molecule has 0 aliphatic carbocycles. The van der Waals surface area contributed by atoms with Crippen molar-refractivity contribution in [2.75, 3.05) is 11.9 Å². The summed E-state index contributed by atoms with van der Waals surface area (Å²) in [5, 5.41) is 9.75. The van der Waals surface area contributed by atoms with Crippen LogP contribution in [0.1, 0.15) is 45.2 Å². The van der Waals surface area contributed by atoms with Gasteiger partial charge < -0.3 is 11.1 Å². The first-order valence-electron chi connectivity index (χ1n) is 6.14. The van der Waals surface area contributed by atoms with E-state index in [9.17, 15) is 4.79 Å². The van der Waals surface area contributed by atoms with E-state index in [1.165, 1.54) is 0 Å². The summed E-state index contributed by atoms with van der Waals surface area (Å²) in [6, 6.07) is 1.86. The van der Waals surface area contributed by atoms with Crippen molar-refractivity contribution in [1.82, 2.24) is 10.2 Å². The molecule has 0 aliphatic rings. The van der Waals surface area contributed by atoms with Gasteiger partial charge in [0.2, 0.25) is 5.91 Å². The maximum Gasteiger partial charge on any atom is 0.229 e. The molecule has 0 bridgehead atoms. The number of carbonyl (C=O) groups excluding carboxylic acids is 1. The predicted octanol–water partition coefficient (Wildman–Crippen LogP) is 1.85. The van der Waals surface area contributed by atoms with Crippen LogP contribution in [0, 0.1) is 5.92 Å². The molecule has 0 spiro atoms. The molecule has 1 rings (SSSR count). The number of nitrogens with zero attached hydrogens (tertiary/aromatic N) is 1. The van der Waals surface area contributed by atoms with Crippen molar-refractivity contribution >= 4 is 11.7 Å². The molecule has 1 amide bonds. The van der Waals surface area contributed by atoms with Gasteiger partial charge in [-0.05, 0) is 12.3 Å². The second-order valence-electron chi connectivity index (χ2n) is 4.57. The third-order valence-electron chi connectivity index (χ3n) is 2.76. The molecule has 5 heteroatoms. The first kappa shape index (κ1) is 13.7. The smallest absolute Gasteiger partial charge is 0.229 e. The summed E-state index contributed by atoms with van der Waals surface area (Å²) < 4.78 is 0. The van der Waals surface area contributed by atoms with Gasteiger partial charge in [-0.25, -0.2) is 0 Å². The minimum atomic E-state index is -0.126. The third-order valence-corrected chi connectivity index (χ3v) is 2.76. The Morgan fingerprint density at radius 1 is 1.59 bits per heavy atom. The second kappa shape index (κ2) is 6.39. The zero-order valence-electron chi connectivity index (χ0n) is 10.8. The van der Waals surface area contributed by atoms with Gasteiger partial charge in [0.15, 0.2) is 5.82 Å². The number of amides is 1. The van der Waals surface area contributed by atoms with Gasteiger partial charge in [0.25, 0.3) is 0 Å². The summed E-state index contributed by atoms with van der Waals surface area (Å²) in [4.78, 5) is 11.9. The fourth-order valence-corrected chi connectivity index (χ4v) is 1.63. The Hall–Kier alpha value is -1.36. The van der Waals surface area contributed by atoms with Crippen molar-refractivity contribution < 1.29 is 4.79 Å². The number of anilines is 1. The minimum absolute atomic E-state index is 0.0452. The van der Waals surface area contributed by atoms with E-state index in [-0.39, 0.29) is 11.8 Å².